The molecular formula is C12H13NO. The van der Waals surface area contributed by atoms with Crippen LogP contribution in [0.2, 0.25) is 0 Å². The summed E-state index contributed by atoms with van der Waals surface area (Å²) in [6.07, 6.45) is 0.522. The molecule has 0 fully saturated rings. The van der Waals surface area contributed by atoms with Gasteiger partial charge in [-0.3, -0.25) is 4.79 Å². The number of ketones is 1. The minimum atomic E-state index is 0.205. The average Bonchev–Trinajstić information content (AvgIpc) is 2.45. The van der Waals surface area contributed by atoms with E-state index in [1.54, 1.807) is 6.92 Å². The Morgan fingerprint density at radius 1 is 1.43 bits per heavy atom. The summed E-state index contributed by atoms with van der Waals surface area (Å²) in [7, 11) is 0. The average molecular weight is 187 g/mol. The van der Waals surface area contributed by atoms with Crippen molar-refractivity contribution >= 4 is 16.7 Å². The molecule has 1 N–H and O–H groups in total. The summed E-state index contributed by atoms with van der Waals surface area (Å²) in [6, 6.07) is 8.12. The van der Waals surface area contributed by atoms with Crippen molar-refractivity contribution in [2.45, 2.75) is 20.3 Å². The maximum Gasteiger partial charge on any atom is 0.134 e. The van der Waals surface area contributed by atoms with Gasteiger partial charge in [0.2, 0.25) is 0 Å². The first kappa shape index (κ1) is 9.00. The van der Waals surface area contributed by atoms with E-state index in [9.17, 15) is 4.79 Å². The van der Waals surface area contributed by atoms with Gasteiger partial charge in [-0.2, -0.15) is 0 Å². The number of Topliss-reactive ketones (excluding diaryl/α,β-unsaturated/α-hetero) is 1. The van der Waals surface area contributed by atoms with Gasteiger partial charge in [0.05, 0.1) is 0 Å². The Morgan fingerprint density at radius 2 is 2.21 bits per heavy atom. The van der Waals surface area contributed by atoms with Gasteiger partial charge < -0.3 is 4.98 Å². The molecule has 2 aromatic rings. The number of benzene rings is 1. The summed E-state index contributed by atoms with van der Waals surface area (Å²) in [4.78, 5) is 14.3. The molecular weight excluding hydrogens is 174 g/mol. The third-order valence-corrected chi connectivity index (χ3v) is 2.33. The lowest BCUT2D eigenvalue weighted by atomic mass is 10.1. The molecule has 2 rings (SSSR count). The van der Waals surface area contributed by atoms with Crippen molar-refractivity contribution in [2.24, 2.45) is 0 Å². The molecule has 0 amide bonds. The number of H-pyrrole nitrogens is 1. The van der Waals surface area contributed by atoms with E-state index >= 15 is 0 Å². The normalized spacial score (nSPS) is 10.7. The van der Waals surface area contributed by atoms with Crippen LogP contribution in [0.3, 0.4) is 0 Å². The third kappa shape index (κ3) is 1.55. The smallest absolute Gasteiger partial charge is 0.134 e. The van der Waals surface area contributed by atoms with Crippen molar-refractivity contribution in [3.63, 3.8) is 0 Å². The summed E-state index contributed by atoms with van der Waals surface area (Å²) >= 11 is 0. The van der Waals surface area contributed by atoms with Gasteiger partial charge in [-0.1, -0.05) is 12.1 Å². The zero-order valence-corrected chi connectivity index (χ0v) is 8.42. The van der Waals surface area contributed by atoms with Crippen molar-refractivity contribution in [1.82, 2.24) is 4.98 Å². The van der Waals surface area contributed by atoms with Gasteiger partial charge in [0.1, 0.15) is 5.78 Å². The quantitative estimate of drug-likeness (QED) is 0.770. The van der Waals surface area contributed by atoms with Gasteiger partial charge in [-0.25, -0.2) is 0 Å². The first-order valence-corrected chi connectivity index (χ1v) is 4.73. The van der Waals surface area contributed by atoms with Gasteiger partial charge in [0, 0.05) is 23.0 Å². The molecule has 1 aromatic carbocycles. The zero-order valence-electron chi connectivity index (χ0n) is 8.42. The first-order valence-electron chi connectivity index (χ1n) is 4.73. The van der Waals surface area contributed by atoms with Crippen molar-refractivity contribution < 1.29 is 4.79 Å². The van der Waals surface area contributed by atoms with Crippen LogP contribution in [0, 0.1) is 6.92 Å². The molecule has 0 saturated carbocycles. The predicted molar refractivity (Wildman–Crippen MR) is 57.4 cm³/mol. The fourth-order valence-electron chi connectivity index (χ4n) is 1.78. The Bertz CT molecular complexity index is 482. The maximum absolute atomic E-state index is 11.1. The van der Waals surface area contributed by atoms with Crippen LogP contribution < -0.4 is 0 Å². The number of fused-ring (bicyclic) bond motifs is 1. The lowest BCUT2D eigenvalue weighted by Crippen LogP contribution is -1.96. The number of rotatable bonds is 2. The van der Waals surface area contributed by atoms with Gasteiger partial charge in [-0.05, 0) is 31.5 Å². The van der Waals surface area contributed by atoms with E-state index in [1.807, 2.05) is 25.1 Å². The van der Waals surface area contributed by atoms with Crippen LogP contribution in [0.15, 0.2) is 24.3 Å². The van der Waals surface area contributed by atoms with E-state index < -0.39 is 0 Å². The molecule has 0 aliphatic rings. The molecule has 1 heterocycles. The molecule has 0 saturated heterocycles. The molecule has 0 radical (unpaired) electrons. The topological polar surface area (TPSA) is 32.9 Å². The van der Waals surface area contributed by atoms with Crippen LogP contribution in [-0.4, -0.2) is 10.8 Å². The van der Waals surface area contributed by atoms with E-state index in [1.165, 1.54) is 5.39 Å². The number of hydrogen-bond donors (Lipinski definition) is 1. The minimum absolute atomic E-state index is 0.205. The second-order valence-corrected chi connectivity index (χ2v) is 3.71. The van der Waals surface area contributed by atoms with Crippen molar-refractivity contribution in [3.05, 3.63) is 35.5 Å². The molecule has 0 bridgehead atoms. The highest BCUT2D eigenvalue weighted by Gasteiger charge is 2.04. The Labute approximate surface area is 82.9 Å². The van der Waals surface area contributed by atoms with Gasteiger partial charge in [-0.15, -0.1) is 0 Å². The number of hydrogen-bond acceptors (Lipinski definition) is 1. The molecule has 0 aliphatic heterocycles. The van der Waals surface area contributed by atoms with Crippen LogP contribution in [0.4, 0.5) is 0 Å². The van der Waals surface area contributed by atoms with Gasteiger partial charge in [0.25, 0.3) is 0 Å². The zero-order chi connectivity index (χ0) is 10.1. The molecule has 1 aromatic heterocycles. The van der Waals surface area contributed by atoms with Gasteiger partial charge in [0.15, 0.2) is 0 Å². The van der Waals surface area contributed by atoms with E-state index in [-0.39, 0.29) is 5.78 Å². The molecule has 0 spiro atoms. The first-order chi connectivity index (χ1) is 6.66. The van der Waals surface area contributed by atoms with Crippen molar-refractivity contribution in [2.75, 3.05) is 0 Å². The van der Waals surface area contributed by atoms with E-state index in [0.717, 1.165) is 16.8 Å². The summed E-state index contributed by atoms with van der Waals surface area (Å²) in [5.74, 6) is 0.205. The van der Waals surface area contributed by atoms with Crippen LogP contribution in [0.25, 0.3) is 10.9 Å². The highest BCUT2D eigenvalue weighted by molar-refractivity contribution is 5.89. The Morgan fingerprint density at radius 3 is 2.93 bits per heavy atom. The Balaban J connectivity index is 2.58. The molecule has 2 nitrogen and oxygen atoms in total. The summed E-state index contributed by atoms with van der Waals surface area (Å²) < 4.78 is 0. The van der Waals surface area contributed by atoms with Crippen LogP contribution in [-0.2, 0) is 11.2 Å². The monoisotopic (exact) mass is 187 g/mol. The highest BCUT2D eigenvalue weighted by Crippen LogP contribution is 2.20. The van der Waals surface area contributed by atoms with Crippen LogP contribution in [0.1, 0.15) is 18.2 Å². The fraction of sp³-hybridized carbons (Fsp3) is 0.250. The second kappa shape index (κ2) is 3.29. The molecule has 14 heavy (non-hydrogen) atoms. The van der Waals surface area contributed by atoms with Crippen LogP contribution >= 0.6 is 0 Å². The van der Waals surface area contributed by atoms with Gasteiger partial charge >= 0.3 is 0 Å². The lowest BCUT2D eigenvalue weighted by Gasteiger charge is -1.99. The van der Waals surface area contributed by atoms with Crippen LogP contribution in [0.5, 0.6) is 0 Å². The standard InChI is InChI=1S/C12H13NO/c1-8-6-11-10(7-9(2)14)4-3-5-12(11)13-8/h3-6,13H,7H2,1-2H3. The molecule has 0 atom stereocenters. The Kier molecular flexibility index (Phi) is 2.12. The SMILES string of the molecule is CC(=O)Cc1cccc2[nH]c(C)cc12. The highest BCUT2D eigenvalue weighted by atomic mass is 16.1. The van der Waals surface area contributed by atoms with E-state index in [2.05, 4.69) is 11.1 Å². The van der Waals surface area contributed by atoms with E-state index in [0.29, 0.717) is 6.42 Å². The number of carbonyl (C=O) groups is 1. The number of carbonyl (C=O) groups excluding carboxylic acids is 1. The summed E-state index contributed by atoms with van der Waals surface area (Å²) in [5.41, 5.74) is 3.36. The number of nitrogens with one attached hydrogen (secondary N) is 1. The van der Waals surface area contributed by atoms with E-state index in [4.69, 9.17) is 0 Å². The summed E-state index contributed by atoms with van der Waals surface area (Å²) in [5, 5.41) is 1.17. The van der Waals surface area contributed by atoms with Crippen molar-refractivity contribution in [1.29, 1.82) is 0 Å². The van der Waals surface area contributed by atoms with Crippen molar-refractivity contribution in [3.8, 4) is 0 Å². The predicted octanol–water partition coefficient (Wildman–Crippen LogP) is 2.61. The number of aromatic amines is 1. The number of aromatic nitrogens is 1. The third-order valence-electron chi connectivity index (χ3n) is 2.33. The molecule has 72 valence electrons. The molecule has 0 unspecified atom stereocenters. The maximum atomic E-state index is 11.1. The fourth-order valence-corrected chi connectivity index (χ4v) is 1.78. The minimum Gasteiger partial charge on any atom is -0.359 e. The summed E-state index contributed by atoms with van der Waals surface area (Å²) in [6.45, 7) is 3.65. The largest absolute Gasteiger partial charge is 0.359 e. The molecule has 2 heteroatoms. The Hall–Kier alpha value is -1.57. The molecule has 0 aliphatic carbocycles. The second-order valence-electron chi connectivity index (χ2n) is 3.71. The number of aryl methyl sites for hydroxylation is 1. The lowest BCUT2D eigenvalue weighted by molar-refractivity contribution is -0.116.